The molecule has 32 heavy (non-hydrogen) atoms. The second-order valence-corrected chi connectivity index (χ2v) is 10.1. The fourth-order valence-corrected chi connectivity index (χ4v) is 5.71. The Bertz CT molecular complexity index is 1210. The molecule has 0 N–H and O–H groups in total. The van der Waals surface area contributed by atoms with Crippen molar-refractivity contribution in [1.29, 1.82) is 0 Å². The number of ketones is 1. The molecule has 1 saturated heterocycles. The Morgan fingerprint density at radius 2 is 1.53 bits per heavy atom. The highest BCUT2D eigenvalue weighted by Crippen LogP contribution is 2.23. The van der Waals surface area contributed by atoms with Crippen LogP contribution in [0.5, 0.6) is 5.75 Å². The third kappa shape index (κ3) is 4.32. The number of amides is 1. The summed E-state index contributed by atoms with van der Waals surface area (Å²) in [5.41, 5.74) is 0.686. The van der Waals surface area contributed by atoms with Crippen LogP contribution in [0, 0.1) is 0 Å². The van der Waals surface area contributed by atoms with Crippen LogP contribution in [0.1, 0.15) is 25.6 Å². The zero-order valence-electron chi connectivity index (χ0n) is 17.4. The van der Waals surface area contributed by atoms with Crippen LogP contribution in [0.25, 0.3) is 0 Å². The number of hydrogen-bond acceptors (Lipinski definition) is 6. The fraction of sp³-hybridized carbons (Fsp3) is 0.217. The first-order chi connectivity index (χ1) is 15.4. The number of rotatable bonds is 6. The molecule has 9 heteroatoms. The lowest BCUT2D eigenvalue weighted by molar-refractivity contribution is 0.0694. The topological polar surface area (TPSA) is 84.0 Å². The van der Waals surface area contributed by atoms with Gasteiger partial charge in [0.2, 0.25) is 15.8 Å². The van der Waals surface area contributed by atoms with Gasteiger partial charge >= 0.3 is 0 Å². The van der Waals surface area contributed by atoms with E-state index in [9.17, 15) is 18.0 Å². The van der Waals surface area contributed by atoms with E-state index >= 15 is 0 Å². The molecule has 7 nitrogen and oxygen atoms in total. The monoisotopic (exact) mass is 470 g/mol. The van der Waals surface area contributed by atoms with E-state index in [4.69, 9.17) is 4.74 Å². The Labute approximate surface area is 190 Å². The largest absolute Gasteiger partial charge is 0.497 e. The highest BCUT2D eigenvalue weighted by Gasteiger charge is 2.31. The van der Waals surface area contributed by atoms with E-state index in [2.05, 4.69) is 0 Å². The summed E-state index contributed by atoms with van der Waals surface area (Å²) in [5, 5.41) is 1.82. The lowest BCUT2D eigenvalue weighted by Crippen LogP contribution is -2.50. The molecule has 2 heterocycles. The van der Waals surface area contributed by atoms with Crippen LogP contribution in [-0.4, -0.2) is 62.6 Å². The normalized spacial score (nSPS) is 14.8. The van der Waals surface area contributed by atoms with Crippen LogP contribution >= 0.6 is 11.3 Å². The van der Waals surface area contributed by atoms with E-state index in [1.165, 1.54) is 34.9 Å². The molecule has 3 aromatic rings. The van der Waals surface area contributed by atoms with Crippen molar-refractivity contribution in [2.75, 3.05) is 33.3 Å². The highest BCUT2D eigenvalue weighted by atomic mass is 32.2. The summed E-state index contributed by atoms with van der Waals surface area (Å²) in [4.78, 5) is 28.4. The molecule has 0 aliphatic carbocycles. The predicted octanol–water partition coefficient (Wildman–Crippen LogP) is 3.13. The number of methoxy groups -OCH3 is 1. The van der Waals surface area contributed by atoms with Crippen molar-refractivity contribution in [3.05, 3.63) is 82.0 Å². The SMILES string of the molecule is COc1ccc(S(=O)(=O)N2CCN(C(=O)c3ccccc3C(=O)c3cccs3)CC2)cc1. The molecule has 0 spiro atoms. The van der Waals surface area contributed by atoms with Gasteiger partial charge in [-0.3, -0.25) is 9.59 Å². The molecule has 2 aromatic carbocycles. The molecule has 0 radical (unpaired) electrons. The van der Waals surface area contributed by atoms with E-state index in [-0.39, 0.29) is 42.8 Å². The van der Waals surface area contributed by atoms with Crippen LogP contribution in [-0.2, 0) is 10.0 Å². The van der Waals surface area contributed by atoms with Gasteiger partial charge in [0.05, 0.1) is 22.4 Å². The van der Waals surface area contributed by atoms with Gasteiger partial charge in [-0.05, 0) is 41.8 Å². The molecule has 1 aliphatic heterocycles. The van der Waals surface area contributed by atoms with Gasteiger partial charge in [-0.25, -0.2) is 8.42 Å². The van der Waals surface area contributed by atoms with Crippen molar-refractivity contribution in [3.8, 4) is 5.75 Å². The molecule has 1 aliphatic rings. The first-order valence-electron chi connectivity index (χ1n) is 10.0. The first-order valence-corrected chi connectivity index (χ1v) is 12.3. The number of thiophene rings is 1. The van der Waals surface area contributed by atoms with Gasteiger partial charge in [0.25, 0.3) is 5.91 Å². The zero-order valence-corrected chi connectivity index (χ0v) is 19.1. The lowest BCUT2D eigenvalue weighted by atomic mass is 10.0. The summed E-state index contributed by atoms with van der Waals surface area (Å²) in [6, 6.07) is 16.5. The highest BCUT2D eigenvalue weighted by molar-refractivity contribution is 7.89. The van der Waals surface area contributed by atoms with Crippen molar-refractivity contribution < 1.29 is 22.7 Å². The Morgan fingerprint density at radius 1 is 0.875 bits per heavy atom. The number of nitrogens with zero attached hydrogens (tertiary/aromatic N) is 2. The maximum Gasteiger partial charge on any atom is 0.254 e. The van der Waals surface area contributed by atoms with Crippen LogP contribution < -0.4 is 4.74 Å². The Balaban J connectivity index is 1.48. The Kier molecular flexibility index (Phi) is 6.40. The summed E-state index contributed by atoms with van der Waals surface area (Å²) >= 11 is 1.33. The van der Waals surface area contributed by atoms with Crippen molar-refractivity contribution in [3.63, 3.8) is 0 Å². The van der Waals surface area contributed by atoms with Gasteiger partial charge < -0.3 is 9.64 Å². The second-order valence-electron chi connectivity index (χ2n) is 7.22. The molecular weight excluding hydrogens is 448 g/mol. The molecule has 0 unspecified atom stereocenters. The first kappa shape index (κ1) is 22.2. The molecule has 1 amide bonds. The van der Waals surface area contributed by atoms with Crippen molar-refractivity contribution in [2.45, 2.75) is 4.90 Å². The van der Waals surface area contributed by atoms with Crippen LogP contribution in [0.3, 0.4) is 0 Å². The molecule has 4 rings (SSSR count). The van der Waals surface area contributed by atoms with Gasteiger partial charge in [0, 0.05) is 31.7 Å². The van der Waals surface area contributed by atoms with E-state index in [1.807, 2.05) is 5.38 Å². The minimum atomic E-state index is -3.66. The molecule has 1 fully saturated rings. The van der Waals surface area contributed by atoms with E-state index in [0.717, 1.165) is 0 Å². The maximum absolute atomic E-state index is 13.2. The number of ether oxygens (including phenoxy) is 1. The van der Waals surface area contributed by atoms with Crippen molar-refractivity contribution in [2.24, 2.45) is 0 Å². The quantitative estimate of drug-likeness (QED) is 0.517. The molecule has 0 bridgehead atoms. The van der Waals surface area contributed by atoms with Gasteiger partial charge in [-0.2, -0.15) is 4.31 Å². The Hall–Kier alpha value is -3.01. The standard InChI is InChI=1S/C23H22N2O5S2/c1-30-17-8-10-18(11-9-17)32(28,29)25-14-12-24(13-15-25)23(27)20-6-3-2-5-19(20)22(26)21-7-4-16-31-21/h2-11,16H,12-15H2,1H3. The van der Waals surface area contributed by atoms with Gasteiger partial charge in [0.15, 0.2) is 0 Å². The second kappa shape index (κ2) is 9.23. The number of carbonyl (C=O) groups excluding carboxylic acids is 2. The van der Waals surface area contributed by atoms with Crippen LogP contribution in [0.15, 0.2) is 70.9 Å². The Morgan fingerprint density at radius 3 is 2.12 bits per heavy atom. The summed E-state index contributed by atoms with van der Waals surface area (Å²) < 4.78 is 32.4. The number of hydrogen-bond donors (Lipinski definition) is 0. The molecule has 166 valence electrons. The third-order valence-electron chi connectivity index (χ3n) is 5.37. The summed E-state index contributed by atoms with van der Waals surface area (Å²) in [6.07, 6.45) is 0. The lowest BCUT2D eigenvalue weighted by Gasteiger charge is -2.34. The number of benzene rings is 2. The van der Waals surface area contributed by atoms with E-state index < -0.39 is 10.0 Å². The summed E-state index contributed by atoms with van der Waals surface area (Å²) in [6.45, 7) is 0.855. The fourth-order valence-electron chi connectivity index (χ4n) is 3.61. The number of piperazine rings is 1. The van der Waals surface area contributed by atoms with Gasteiger partial charge in [-0.15, -0.1) is 11.3 Å². The van der Waals surface area contributed by atoms with Crippen molar-refractivity contribution >= 4 is 33.1 Å². The number of sulfonamides is 1. The molecule has 1 aromatic heterocycles. The third-order valence-corrected chi connectivity index (χ3v) is 8.15. The average Bonchev–Trinajstić information content (AvgIpc) is 3.38. The van der Waals surface area contributed by atoms with Crippen molar-refractivity contribution in [1.82, 2.24) is 9.21 Å². The minimum Gasteiger partial charge on any atom is -0.497 e. The average molecular weight is 471 g/mol. The minimum absolute atomic E-state index is 0.182. The molecular formula is C23H22N2O5S2. The van der Waals surface area contributed by atoms with E-state index in [1.54, 1.807) is 53.4 Å². The number of carbonyl (C=O) groups is 2. The van der Waals surface area contributed by atoms with E-state index in [0.29, 0.717) is 21.8 Å². The van der Waals surface area contributed by atoms with Gasteiger partial charge in [0.1, 0.15) is 5.75 Å². The zero-order chi connectivity index (χ0) is 22.7. The van der Waals surface area contributed by atoms with Crippen LogP contribution in [0.2, 0.25) is 0 Å². The smallest absolute Gasteiger partial charge is 0.254 e. The van der Waals surface area contributed by atoms with Crippen LogP contribution in [0.4, 0.5) is 0 Å². The summed E-state index contributed by atoms with van der Waals surface area (Å²) in [5.74, 6) is 0.117. The molecule has 0 saturated carbocycles. The maximum atomic E-state index is 13.2. The molecule has 0 atom stereocenters. The van der Waals surface area contributed by atoms with Gasteiger partial charge in [-0.1, -0.05) is 24.3 Å². The predicted molar refractivity (Wildman–Crippen MR) is 122 cm³/mol. The summed E-state index contributed by atoms with van der Waals surface area (Å²) in [7, 11) is -2.15.